The van der Waals surface area contributed by atoms with Crippen LogP contribution in [0.2, 0.25) is 0 Å². The number of para-hydroxylation sites is 1. The Morgan fingerprint density at radius 2 is 1.30 bits per heavy atom. The van der Waals surface area contributed by atoms with Crippen molar-refractivity contribution in [2.75, 3.05) is 5.32 Å². The summed E-state index contributed by atoms with van der Waals surface area (Å²) in [5.74, 6) is 1.71. The first-order chi connectivity index (χ1) is 26.7. The number of nitrogens with one attached hydrogen (secondary N) is 1. The van der Waals surface area contributed by atoms with Crippen molar-refractivity contribution in [3.8, 4) is 40.0 Å². The lowest BCUT2D eigenvalue weighted by atomic mass is 9.63. The zero-order valence-corrected chi connectivity index (χ0v) is 29.3. The summed E-state index contributed by atoms with van der Waals surface area (Å²) in [5, 5.41) is 14.3. The smallest absolute Gasteiger partial charge is 0.132 e. The number of nitriles is 1. The number of rotatable bonds is 5. The van der Waals surface area contributed by atoms with Gasteiger partial charge in [-0.3, -0.25) is 0 Å². The van der Waals surface area contributed by atoms with Gasteiger partial charge in [-0.15, -0.1) is 0 Å². The molecule has 2 aliphatic rings. The zero-order valence-electron chi connectivity index (χ0n) is 29.3. The number of hydrogen-bond donors (Lipinski definition) is 1. The minimum absolute atomic E-state index is 0.0657. The van der Waals surface area contributed by atoms with E-state index >= 15 is 0 Å². The van der Waals surface area contributed by atoms with Gasteiger partial charge in [0, 0.05) is 22.1 Å². The Balaban J connectivity index is 1.08. The molecule has 3 heterocycles. The minimum Gasteiger partial charge on any atom is -0.457 e. The summed E-state index contributed by atoms with van der Waals surface area (Å²) in [6, 6.07) is 63.7. The molecule has 0 bridgehead atoms. The van der Waals surface area contributed by atoms with Crippen molar-refractivity contribution in [3.05, 3.63) is 221 Å². The Labute approximate surface area is 314 Å². The van der Waals surface area contributed by atoms with Gasteiger partial charge < -0.3 is 10.1 Å². The van der Waals surface area contributed by atoms with Gasteiger partial charge in [-0.2, -0.15) is 5.26 Å². The Kier molecular flexibility index (Phi) is 7.45. The fourth-order valence-corrected chi connectivity index (χ4v) is 8.30. The van der Waals surface area contributed by atoms with Crippen molar-refractivity contribution in [2.24, 2.45) is 0 Å². The number of ether oxygens (including phenoxy) is 1. The standard InChI is InChI=1S/C50H33N3O/c51-32-33-11-9-13-38(29-33)44-26-23-34-21-22-35-24-27-45(53-49(35)48(34)52-44)39-14-10-12-36(30-39)37-25-28-47-43(31-37)50(40-15-3-1-4-16-40,41-17-5-2-6-18-41)42-19-7-8-20-46(42)54-47/h1-31,44,52H. The molecule has 0 saturated carbocycles. The lowest BCUT2D eigenvalue weighted by Gasteiger charge is -2.41. The van der Waals surface area contributed by atoms with Crippen LogP contribution in [0.25, 0.3) is 39.4 Å². The molecule has 1 atom stereocenters. The third kappa shape index (κ3) is 5.10. The van der Waals surface area contributed by atoms with Crippen LogP contribution in [0.5, 0.6) is 11.5 Å². The second-order valence-electron chi connectivity index (χ2n) is 13.9. The van der Waals surface area contributed by atoms with Crippen LogP contribution < -0.4 is 10.1 Å². The second kappa shape index (κ2) is 12.8. The first-order valence-corrected chi connectivity index (χ1v) is 18.2. The first-order valence-electron chi connectivity index (χ1n) is 18.2. The summed E-state index contributed by atoms with van der Waals surface area (Å²) in [4.78, 5) is 5.28. The average Bonchev–Trinajstić information content (AvgIpc) is 3.25. The number of benzene rings is 7. The summed E-state index contributed by atoms with van der Waals surface area (Å²) >= 11 is 0. The highest BCUT2D eigenvalue weighted by Gasteiger charge is 2.45. The molecule has 0 radical (unpaired) electrons. The van der Waals surface area contributed by atoms with Crippen LogP contribution in [0.1, 0.15) is 45.0 Å². The lowest BCUT2D eigenvalue weighted by molar-refractivity contribution is 0.434. The summed E-state index contributed by atoms with van der Waals surface area (Å²) in [7, 11) is 0. The quantitative estimate of drug-likeness (QED) is 0.195. The van der Waals surface area contributed by atoms with Gasteiger partial charge in [-0.25, -0.2) is 4.98 Å². The highest BCUT2D eigenvalue weighted by atomic mass is 16.5. The maximum absolute atomic E-state index is 9.49. The van der Waals surface area contributed by atoms with Crippen LogP contribution in [0.15, 0.2) is 182 Å². The molecule has 1 N–H and O–H groups in total. The Morgan fingerprint density at radius 3 is 2.11 bits per heavy atom. The van der Waals surface area contributed by atoms with E-state index in [1.165, 1.54) is 11.1 Å². The molecule has 1 aromatic heterocycles. The summed E-state index contributed by atoms with van der Waals surface area (Å²) in [6.45, 7) is 0. The van der Waals surface area contributed by atoms with Crippen molar-refractivity contribution in [2.45, 2.75) is 11.5 Å². The molecule has 0 fully saturated rings. The van der Waals surface area contributed by atoms with Crippen molar-refractivity contribution in [3.63, 3.8) is 0 Å². The predicted octanol–water partition coefficient (Wildman–Crippen LogP) is 12.1. The largest absolute Gasteiger partial charge is 0.457 e. The molecule has 8 aromatic rings. The van der Waals surface area contributed by atoms with Gasteiger partial charge in [-0.1, -0.05) is 146 Å². The van der Waals surface area contributed by atoms with Gasteiger partial charge in [0.1, 0.15) is 11.5 Å². The molecule has 10 rings (SSSR count). The maximum atomic E-state index is 9.49. The predicted molar refractivity (Wildman–Crippen MR) is 218 cm³/mol. The molecule has 1 unspecified atom stereocenters. The molecule has 54 heavy (non-hydrogen) atoms. The Morgan fingerprint density at radius 1 is 0.593 bits per heavy atom. The Bertz CT molecular complexity index is 2760. The average molecular weight is 692 g/mol. The fraction of sp³-hybridized carbons (Fsp3) is 0.0400. The maximum Gasteiger partial charge on any atom is 0.132 e. The highest BCUT2D eigenvalue weighted by molar-refractivity contribution is 5.97. The van der Waals surface area contributed by atoms with E-state index < -0.39 is 5.41 Å². The summed E-state index contributed by atoms with van der Waals surface area (Å²) < 4.78 is 6.66. The van der Waals surface area contributed by atoms with Crippen LogP contribution in [-0.2, 0) is 5.41 Å². The van der Waals surface area contributed by atoms with Gasteiger partial charge in [-0.05, 0) is 75.8 Å². The van der Waals surface area contributed by atoms with Gasteiger partial charge >= 0.3 is 0 Å². The number of aromatic nitrogens is 1. The third-order valence-electron chi connectivity index (χ3n) is 10.8. The molecule has 7 aromatic carbocycles. The molecule has 254 valence electrons. The van der Waals surface area contributed by atoms with Crippen LogP contribution in [0.3, 0.4) is 0 Å². The number of fused-ring (bicyclic) bond motifs is 5. The topological polar surface area (TPSA) is 57.9 Å². The molecule has 2 aliphatic heterocycles. The number of hydrogen-bond acceptors (Lipinski definition) is 4. The van der Waals surface area contributed by atoms with E-state index in [0.29, 0.717) is 5.56 Å². The van der Waals surface area contributed by atoms with Crippen LogP contribution >= 0.6 is 0 Å². The molecular formula is C50H33N3O. The van der Waals surface area contributed by atoms with E-state index in [4.69, 9.17) is 9.72 Å². The number of nitrogens with zero attached hydrogens (tertiary/aromatic N) is 2. The summed E-state index contributed by atoms with van der Waals surface area (Å²) in [5.41, 5.74) is 12.8. The van der Waals surface area contributed by atoms with Crippen molar-refractivity contribution >= 4 is 22.7 Å². The number of anilines is 1. The Hall–Kier alpha value is -7.22. The van der Waals surface area contributed by atoms with Gasteiger partial charge in [0.2, 0.25) is 0 Å². The highest BCUT2D eigenvalue weighted by Crippen LogP contribution is 2.55. The second-order valence-corrected chi connectivity index (χ2v) is 13.9. The van der Waals surface area contributed by atoms with Gasteiger partial charge in [0.25, 0.3) is 0 Å². The molecule has 0 amide bonds. The van der Waals surface area contributed by atoms with E-state index in [1.54, 1.807) is 0 Å². The summed E-state index contributed by atoms with van der Waals surface area (Å²) in [6.07, 6.45) is 4.29. The fourth-order valence-electron chi connectivity index (χ4n) is 8.30. The molecule has 4 heteroatoms. The molecular weight excluding hydrogens is 659 g/mol. The molecule has 0 saturated heterocycles. The van der Waals surface area contributed by atoms with Crippen LogP contribution in [0.4, 0.5) is 5.69 Å². The van der Waals surface area contributed by atoms with E-state index in [1.807, 2.05) is 24.3 Å². The minimum atomic E-state index is -0.589. The normalized spacial score (nSPS) is 14.8. The van der Waals surface area contributed by atoms with Crippen molar-refractivity contribution in [1.82, 2.24) is 4.98 Å². The third-order valence-corrected chi connectivity index (χ3v) is 10.8. The number of pyridine rings is 1. The first kappa shape index (κ1) is 31.5. The van der Waals surface area contributed by atoms with Crippen molar-refractivity contribution in [1.29, 1.82) is 5.26 Å². The monoisotopic (exact) mass is 691 g/mol. The van der Waals surface area contributed by atoms with Gasteiger partial charge in [0.15, 0.2) is 0 Å². The van der Waals surface area contributed by atoms with E-state index in [2.05, 4.69) is 175 Å². The zero-order chi connectivity index (χ0) is 36.1. The molecule has 0 aliphatic carbocycles. The van der Waals surface area contributed by atoms with Crippen LogP contribution in [-0.4, -0.2) is 4.98 Å². The van der Waals surface area contributed by atoms with Crippen molar-refractivity contribution < 1.29 is 4.74 Å². The van der Waals surface area contributed by atoms with E-state index in [9.17, 15) is 5.26 Å². The molecule has 0 spiro atoms. The SMILES string of the molecule is N#Cc1cccc(C2C=Cc3ccc4ccc(-c5cccc(-c6ccc7c(c6)C(c6ccccc6)(c6ccccc6)c6ccccc6O7)c5)nc4c3N2)c1. The lowest BCUT2D eigenvalue weighted by Crippen LogP contribution is -2.34. The van der Waals surface area contributed by atoms with E-state index in [0.717, 1.165) is 72.7 Å². The van der Waals surface area contributed by atoms with Crippen LogP contribution in [0, 0.1) is 11.3 Å². The van der Waals surface area contributed by atoms with E-state index in [-0.39, 0.29) is 6.04 Å². The molecule has 4 nitrogen and oxygen atoms in total. The van der Waals surface area contributed by atoms with Gasteiger partial charge in [0.05, 0.1) is 40.0 Å².